The summed E-state index contributed by atoms with van der Waals surface area (Å²) in [6.07, 6.45) is 12.5. The largest absolute Gasteiger partial charge is 0.365 e. The van der Waals surface area contributed by atoms with E-state index in [1.165, 1.54) is 36.2 Å². The van der Waals surface area contributed by atoms with Gasteiger partial charge in [-0.2, -0.15) is 10.2 Å². The first-order chi connectivity index (χ1) is 17.4. The van der Waals surface area contributed by atoms with E-state index in [0.29, 0.717) is 11.8 Å². The summed E-state index contributed by atoms with van der Waals surface area (Å²) < 4.78 is 2.35. The summed E-state index contributed by atoms with van der Waals surface area (Å²) in [7, 11) is 0. The molecule has 8 heteroatoms. The molecule has 3 fully saturated rings. The van der Waals surface area contributed by atoms with Crippen molar-refractivity contribution in [1.29, 1.82) is 0 Å². The predicted octanol–water partition coefficient (Wildman–Crippen LogP) is 4.73. The topological polar surface area (TPSA) is 91.7 Å². The van der Waals surface area contributed by atoms with Crippen molar-refractivity contribution in [3.8, 4) is 0 Å². The maximum atomic E-state index is 12.5. The molecule has 4 aliphatic rings. The zero-order chi connectivity index (χ0) is 24.9. The molecule has 0 radical (unpaired) electrons. The first-order valence-electron chi connectivity index (χ1n) is 13.8. The Hall–Kier alpha value is -2.90. The van der Waals surface area contributed by atoms with Crippen LogP contribution in [0.15, 0.2) is 12.3 Å². The highest BCUT2D eigenvalue weighted by Gasteiger charge is 2.49. The number of amides is 1. The van der Waals surface area contributed by atoms with Crippen LogP contribution in [0.3, 0.4) is 0 Å². The molecule has 0 atom stereocenters. The number of H-pyrrole nitrogens is 1. The lowest BCUT2D eigenvalue weighted by Gasteiger charge is -2.53. The van der Waals surface area contributed by atoms with Crippen LogP contribution in [0, 0.1) is 19.3 Å². The molecule has 192 valence electrons. The van der Waals surface area contributed by atoms with Gasteiger partial charge >= 0.3 is 0 Å². The lowest BCUT2D eigenvalue weighted by Crippen LogP contribution is -2.57. The van der Waals surface area contributed by atoms with Gasteiger partial charge < -0.3 is 10.2 Å². The second-order valence-corrected chi connectivity index (χ2v) is 11.7. The minimum Gasteiger partial charge on any atom is -0.365 e. The van der Waals surface area contributed by atoms with Crippen molar-refractivity contribution in [2.24, 2.45) is 5.41 Å². The molecular weight excluding hydrogens is 450 g/mol. The third-order valence-corrected chi connectivity index (χ3v) is 9.24. The van der Waals surface area contributed by atoms with Gasteiger partial charge in [0.1, 0.15) is 11.0 Å². The van der Waals surface area contributed by atoms with Crippen LogP contribution in [0.25, 0.3) is 11.0 Å². The summed E-state index contributed by atoms with van der Waals surface area (Å²) in [5.74, 6) is 0.254. The molecule has 0 spiro atoms. The Kier molecular flexibility index (Phi) is 5.80. The normalized spacial score (nSPS) is 25.4. The number of nitrogens with one attached hydrogen (secondary N) is 2. The second kappa shape index (κ2) is 8.89. The van der Waals surface area contributed by atoms with Crippen LogP contribution >= 0.6 is 0 Å². The highest BCUT2D eigenvalue weighted by molar-refractivity contribution is 5.88. The lowest BCUT2D eigenvalue weighted by molar-refractivity contribution is -0.125. The number of rotatable bonds is 7. The number of hydrogen-bond donors (Lipinski definition) is 2. The average molecular weight is 490 g/mol. The number of nitrogens with zero attached hydrogens (tertiary/aromatic N) is 5. The highest BCUT2D eigenvalue weighted by atomic mass is 16.1. The van der Waals surface area contributed by atoms with Gasteiger partial charge in [0.25, 0.3) is 0 Å². The Bertz CT molecular complexity index is 1260. The maximum Gasteiger partial charge on any atom is 0.220 e. The molecule has 1 aliphatic heterocycles. The molecule has 8 nitrogen and oxygen atoms in total. The van der Waals surface area contributed by atoms with Gasteiger partial charge in [-0.3, -0.25) is 14.6 Å². The fourth-order valence-corrected chi connectivity index (χ4v) is 7.00. The molecule has 3 aromatic rings. The van der Waals surface area contributed by atoms with Crippen molar-refractivity contribution in [2.75, 3.05) is 11.4 Å². The number of hydrogen-bond acceptors (Lipinski definition) is 5. The molecule has 7 rings (SSSR count). The summed E-state index contributed by atoms with van der Waals surface area (Å²) >= 11 is 0. The predicted molar refractivity (Wildman–Crippen MR) is 141 cm³/mol. The number of aromatic amines is 1. The van der Waals surface area contributed by atoms with E-state index in [-0.39, 0.29) is 11.4 Å². The lowest BCUT2D eigenvalue weighted by atomic mass is 9.57. The van der Waals surface area contributed by atoms with Crippen LogP contribution in [0.1, 0.15) is 87.4 Å². The summed E-state index contributed by atoms with van der Waals surface area (Å²) in [5.41, 5.74) is 8.46. The number of carbonyl (C=O) groups is 1. The smallest absolute Gasteiger partial charge is 0.220 e. The molecule has 0 saturated heterocycles. The zero-order valence-electron chi connectivity index (χ0n) is 22.0. The van der Waals surface area contributed by atoms with Gasteiger partial charge in [-0.25, -0.2) is 4.98 Å². The summed E-state index contributed by atoms with van der Waals surface area (Å²) in [5, 5.41) is 15.9. The maximum absolute atomic E-state index is 12.5. The van der Waals surface area contributed by atoms with Crippen LogP contribution in [-0.4, -0.2) is 43.0 Å². The fraction of sp³-hybridized carbons (Fsp3) is 0.643. The molecule has 0 unspecified atom stereocenters. The van der Waals surface area contributed by atoms with Gasteiger partial charge in [-0.1, -0.05) is 13.3 Å². The summed E-state index contributed by atoms with van der Waals surface area (Å²) in [6, 6.07) is 2.17. The van der Waals surface area contributed by atoms with Crippen LogP contribution in [0.4, 0.5) is 5.69 Å². The minimum atomic E-state index is 0.0488. The Balaban J connectivity index is 1.17. The molecule has 3 aromatic heterocycles. The molecule has 4 heterocycles. The Morgan fingerprint density at radius 3 is 2.69 bits per heavy atom. The molecule has 3 aliphatic carbocycles. The zero-order valence-corrected chi connectivity index (χ0v) is 22.0. The third-order valence-electron chi connectivity index (χ3n) is 9.24. The van der Waals surface area contributed by atoms with Crippen molar-refractivity contribution in [2.45, 2.75) is 104 Å². The van der Waals surface area contributed by atoms with Crippen molar-refractivity contribution in [3.05, 3.63) is 34.9 Å². The van der Waals surface area contributed by atoms with Crippen LogP contribution in [0.5, 0.6) is 0 Å². The molecule has 1 amide bonds. The molecule has 2 N–H and O–H groups in total. The monoisotopic (exact) mass is 489 g/mol. The van der Waals surface area contributed by atoms with E-state index in [1.807, 2.05) is 13.1 Å². The van der Waals surface area contributed by atoms with E-state index in [1.54, 1.807) is 0 Å². The van der Waals surface area contributed by atoms with E-state index in [9.17, 15) is 4.79 Å². The summed E-state index contributed by atoms with van der Waals surface area (Å²) in [6.45, 7) is 9.22. The number of carbonyl (C=O) groups excluding carboxylic acids is 1. The third kappa shape index (κ3) is 4.08. The Morgan fingerprint density at radius 2 is 1.94 bits per heavy atom. The first kappa shape index (κ1) is 23.5. The number of unbranched alkanes of at least 4 members (excludes halogenated alkanes) is 1. The second-order valence-electron chi connectivity index (χ2n) is 11.7. The van der Waals surface area contributed by atoms with E-state index < -0.39 is 0 Å². The first-order valence-corrected chi connectivity index (χ1v) is 13.8. The highest BCUT2D eigenvalue weighted by Crippen LogP contribution is 2.53. The summed E-state index contributed by atoms with van der Waals surface area (Å²) in [4.78, 5) is 19.5. The number of fused-ring (bicyclic) bond motifs is 5. The molecule has 2 bridgehead atoms. The van der Waals surface area contributed by atoms with Crippen molar-refractivity contribution < 1.29 is 4.79 Å². The van der Waals surface area contributed by atoms with Gasteiger partial charge in [0.15, 0.2) is 0 Å². The molecule has 3 saturated carbocycles. The van der Waals surface area contributed by atoms with Crippen molar-refractivity contribution in [3.63, 3.8) is 0 Å². The van der Waals surface area contributed by atoms with Crippen molar-refractivity contribution >= 4 is 22.6 Å². The number of aryl methyl sites for hydroxylation is 2. The fourth-order valence-electron chi connectivity index (χ4n) is 7.00. The minimum absolute atomic E-state index is 0.0488. The number of pyridine rings is 1. The van der Waals surface area contributed by atoms with Gasteiger partial charge in [0, 0.05) is 55.0 Å². The molecular formula is C28H39N7O. The van der Waals surface area contributed by atoms with Crippen LogP contribution in [0.2, 0.25) is 0 Å². The Labute approximate surface area is 213 Å². The van der Waals surface area contributed by atoms with Gasteiger partial charge in [-0.15, -0.1) is 0 Å². The average Bonchev–Trinajstić information content (AvgIpc) is 3.47. The SMILES string of the molecule is CCCCC(=O)NC12CCC(Cn3nc(C)c4c3CCN(c3cc(C)nc5cn[nH]c35)C4)(CC1)CC2. The number of aromatic nitrogens is 5. The van der Waals surface area contributed by atoms with Crippen LogP contribution < -0.4 is 10.2 Å². The van der Waals surface area contributed by atoms with Crippen LogP contribution in [-0.2, 0) is 24.3 Å². The van der Waals surface area contributed by atoms with Crippen molar-refractivity contribution in [1.82, 2.24) is 30.3 Å². The quantitative estimate of drug-likeness (QED) is 0.500. The molecule has 0 aromatic carbocycles. The Morgan fingerprint density at radius 1 is 1.17 bits per heavy atom. The van der Waals surface area contributed by atoms with E-state index >= 15 is 0 Å². The van der Waals surface area contributed by atoms with E-state index in [0.717, 1.165) is 80.6 Å². The molecule has 36 heavy (non-hydrogen) atoms. The van der Waals surface area contributed by atoms with Gasteiger partial charge in [0.05, 0.1) is 17.6 Å². The van der Waals surface area contributed by atoms with E-state index in [2.05, 4.69) is 50.0 Å². The van der Waals surface area contributed by atoms with E-state index in [4.69, 9.17) is 5.10 Å². The van der Waals surface area contributed by atoms with Gasteiger partial charge in [0.2, 0.25) is 5.91 Å². The number of anilines is 1. The van der Waals surface area contributed by atoms with Gasteiger partial charge in [-0.05, 0) is 70.3 Å². The standard InChI is InChI=1S/C28H39N7O/c1-4-5-6-25(36)31-28-11-8-27(9-12-28,10-13-28)18-35-23-7-14-34(17-21(23)20(3)33-35)24-15-19(2)30-22-16-29-32-26(22)24/h15-16H,4-14,17-18H2,1-3H3,(H,29,32)(H,31,36).